The zero-order chi connectivity index (χ0) is 22.2. The van der Waals surface area contributed by atoms with Gasteiger partial charge in [0.15, 0.2) is 0 Å². The number of fused-ring (bicyclic) bond motifs is 1. The van der Waals surface area contributed by atoms with E-state index >= 15 is 0 Å². The summed E-state index contributed by atoms with van der Waals surface area (Å²) in [4.78, 5) is 18.0. The number of aryl methyl sites for hydroxylation is 1. The summed E-state index contributed by atoms with van der Waals surface area (Å²) in [7, 11) is 1.66. The van der Waals surface area contributed by atoms with Crippen LogP contribution < -0.4 is 10.3 Å². The summed E-state index contributed by atoms with van der Waals surface area (Å²) in [5, 5.41) is 10.00. The lowest BCUT2D eigenvalue weighted by Gasteiger charge is -2.27. The minimum Gasteiger partial charge on any atom is -0.598 e. The Morgan fingerprint density at radius 2 is 1.93 bits per heavy atom. The van der Waals surface area contributed by atoms with Gasteiger partial charge >= 0.3 is 0 Å². The lowest BCUT2D eigenvalue weighted by molar-refractivity contribution is 0.531. The van der Waals surface area contributed by atoms with E-state index < -0.39 is 16.1 Å². The van der Waals surface area contributed by atoms with Crippen LogP contribution in [0.5, 0.6) is 0 Å². The molecule has 1 heterocycles. The second-order valence-corrected chi connectivity index (χ2v) is 10.4. The van der Waals surface area contributed by atoms with Crippen LogP contribution in [0.2, 0.25) is 0 Å². The molecule has 0 amide bonds. The molecule has 0 radical (unpaired) electrons. The first-order valence-corrected chi connectivity index (χ1v) is 10.9. The Labute approximate surface area is 179 Å². The molecule has 0 aliphatic carbocycles. The molecule has 2 aromatic carbocycles. The summed E-state index contributed by atoms with van der Waals surface area (Å²) < 4.78 is 16.8. The van der Waals surface area contributed by atoms with E-state index in [1.165, 1.54) is 4.57 Å². The van der Waals surface area contributed by atoms with E-state index in [1.807, 2.05) is 52.8 Å². The molecule has 3 rings (SSSR count). The number of nitrogens with zero attached hydrogens (tertiary/aromatic N) is 3. The first kappa shape index (κ1) is 22.0. The van der Waals surface area contributed by atoms with Gasteiger partial charge in [0.2, 0.25) is 0 Å². The van der Waals surface area contributed by atoms with Gasteiger partial charge in [-0.25, -0.2) is 4.98 Å². The van der Waals surface area contributed by atoms with Crippen molar-refractivity contribution in [3.63, 3.8) is 0 Å². The number of aromatic nitrogens is 2. The molecular weight excluding hydrogens is 396 g/mol. The number of benzene rings is 2. The van der Waals surface area contributed by atoms with Gasteiger partial charge in [-0.05, 0) is 58.4 Å². The van der Waals surface area contributed by atoms with Crippen molar-refractivity contribution in [2.75, 3.05) is 0 Å². The fourth-order valence-electron chi connectivity index (χ4n) is 3.30. The van der Waals surface area contributed by atoms with Crippen LogP contribution in [0.3, 0.4) is 0 Å². The third-order valence-corrected chi connectivity index (χ3v) is 6.63. The Morgan fingerprint density at radius 3 is 2.57 bits per heavy atom. The number of nitrogens with one attached hydrogen (secondary N) is 1. The molecule has 0 aliphatic rings. The van der Waals surface area contributed by atoms with Crippen LogP contribution in [-0.2, 0) is 18.4 Å². The van der Waals surface area contributed by atoms with Gasteiger partial charge in [-0.2, -0.15) is 5.26 Å². The molecule has 6 nitrogen and oxygen atoms in total. The zero-order valence-electron chi connectivity index (χ0n) is 18.1. The summed E-state index contributed by atoms with van der Waals surface area (Å²) >= 11 is -1.28. The van der Waals surface area contributed by atoms with Gasteiger partial charge in [-0.1, -0.05) is 18.2 Å². The van der Waals surface area contributed by atoms with E-state index in [0.717, 1.165) is 11.1 Å². The van der Waals surface area contributed by atoms with Crippen LogP contribution in [0, 0.1) is 18.3 Å². The summed E-state index contributed by atoms with van der Waals surface area (Å²) in [6.45, 7) is 9.56. The molecule has 3 aromatic rings. The molecule has 30 heavy (non-hydrogen) atoms. The Kier molecular flexibility index (Phi) is 6.04. The Morgan fingerprint density at radius 1 is 1.27 bits per heavy atom. The molecule has 1 aromatic heterocycles. The minimum atomic E-state index is -1.28. The van der Waals surface area contributed by atoms with E-state index in [2.05, 4.69) is 10.8 Å². The van der Waals surface area contributed by atoms with E-state index in [9.17, 15) is 14.6 Å². The molecule has 0 saturated carbocycles. The second kappa shape index (κ2) is 8.23. The number of rotatable bonds is 4. The topological polar surface area (TPSA) is 93.8 Å². The zero-order valence-corrected chi connectivity index (χ0v) is 18.9. The van der Waals surface area contributed by atoms with Crippen molar-refractivity contribution in [1.82, 2.24) is 14.3 Å². The number of nitriles is 1. The van der Waals surface area contributed by atoms with Crippen LogP contribution in [0.4, 0.5) is 0 Å². The summed E-state index contributed by atoms with van der Waals surface area (Å²) in [5.74, 6) is 0.430. The van der Waals surface area contributed by atoms with E-state index in [-0.39, 0.29) is 11.6 Å². The van der Waals surface area contributed by atoms with Crippen LogP contribution in [0.15, 0.2) is 41.2 Å². The minimum absolute atomic E-state index is 0.183. The van der Waals surface area contributed by atoms with Crippen molar-refractivity contribution in [1.29, 1.82) is 5.26 Å². The van der Waals surface area contributed by atoms with E-state index in [1.54, 1.807) is 25.2 Å². The first-order valence-electron chi connectivity index (χ1n) is 9.73. The van der Waals surface area contributed by atoms with Gasteiger partial charge in [0, 0.05) is 29.5 Å². The highest BCUT2D eigenvalue weighted by Gasteiger charge is 2.29. The number of hydrogen-bond donors (Lipinski definition) is 1. The van der Waals surface area contributed by atoms with Crippen molar-refractivity contribution < 1.29 is 4.55 Å². The van der Waals surface area contributed by atoms with Crippen molar-refractivity contribution in [2.24, 2.45) is 7.05 Å². The molecule has 0 bridgehead atoms. The average Bonchev–Trinajstić information content (AvgIpc) is 2.69. The molecular formula is C23H26N4O2S. The highest BCUT2D eigenvalue weighted by atomic mass is 32.2. The van der Waals surface area contributed by atoms with Crippen molar-refractivity contribution >= 4 is 22.3 Å². The molecule has 7 heteroatoms. The van der Waals surface area contributed by atoms with Gasteiger partial charge < -0.3 is 4.55 Å². The van der Waals surface area contributed by atoms with Crippen molar-refractivity contribution in [2.45, 2.75) is 45.4 Å². The predicted octanol–water partition coefficient (Wildman–Crippen LogP) is 3.89. The maximum Gasteiger partial charge on any atom is 0.261 e. The molecule has 0 saturated heterocycles. The van der Waals surface area contributed by atoms with Crippen molar-refractivity contribution in [3.05, 3.63) is 63.4 Å². The quantitative estimate of drug-likeness (QED) is 0.644. The second-order valence-electron chi connectivity index (χ2n) is 8.43. The SMILES string of the molecule is Cc1cc([C@@H](C)N[S@+]([O-])C(C)(C)C)c2nc(-c3ccccc3C#N)n(C)c(=O)c2c1. The highest BCUT2D eigenvalue weighted by Crippen LogP contribution is 2.28. The highest BCUT2D eigenvalue weighted by molar-refractivity contribution is 7.90. The molecule has 2 atom stereocenters. The average molecular weight is 423 g/mol. The fourth-order valence-corrected chi connectivity index (χ4v) is 4.10. The normalized spacial score (nSPS) is 13.8. The fraction of sp³-hybridized carbons (Fsp3) is 0.348. The molecule has 0 aliphatic heterocycles. The molecule has 0 fully saturated rings. The van der Waals surface area contributed by atoms with Gasteiger partial charge in [-0.15, -0.1) is 4.72 Å². The summed E-state index contributed by atoms with van der Waals surface area (Å²) in [6, 6.07) is 12.8. The predicted molar refractivity (Wildman–Crippen MR) is 121 cm³/mol. The standard InChI is InChI=1S/C23H26N4O2S/c1-14-11-18(15(2)26-30(29)23(3,4)5)20-19(12-14)22(28)27(6)21(25-20)17-10-8-7-9-16(17)13-24/h7-12,15,26H,1-6H3/t15-,30-/m1/s1. The third-order valence-electron chi connectivity index (χ3n) is 4.95. The van der Waals surface area contributed by atoms with E-state index in [4.69, 9.17) is 4.98 Å². The monoisotopic (exact) mass is 422 g/mol. The maximum absolute atomic E-state index is 13.2. The molecule has 156 valence electrons. The van der Waals surface area contributed by atoms with Crippen molar-refractivity contribution in [3.8, 4) is 17.5 Å². The Bertz CT molecular complexity index is 1200. The van der Waals surface area contributed by atoms with Gasteiger partial charge in [-0.3, -0.25) is 9.36 Å². The Balaban J connectivity index is 2.26. The molecule has 0 unspecified atom stereocenters. The lowest BCUT2D eigenvalue weighted by atomic mass is 10.0. The van der Waals surface area contributed by atoms with Gasteiger partial charge in [0.05, 0.1) is 28.6 Å². The summed E-state index contributed by atoms with van der Waals surface area (Å²) in [5.41, 5.74) is 3.15. The third kappa shape index (κ3) is 4.12. The van der Waals surface area contributed by atoms with Crippen LogP contribution >= 0.6 is 0 Å². The van der Waals surface area contributed by atoms with Crippen LogP contribution in [0.1, 0.15) is 50.4 Å². The molecule has 0 spiro atoms. The Hall–Kier alpha value is -2.66. The smallest absolute Gasteiger partial charge is 0.261 e. The van der Waals surface area contributed by atoms with E-state index in [0.29, 0.717) is 27.9 Å². The van der Waals surface area contributed by atoms with Crippen LogP contribution in [-0.4, -0.2) is 18.9 Å². The van der Waals surface area contributed by atoms with Gasteiger partial charge in [0.1, 0.15) is 10.6 Å². The number of hydrogen-bond acceptors (Lipinski definition) is 5. The van der Waals surface area contributed by atoms with Crippen LogP contribution in [0.25, 0.3) is 22.3 Å². The molecule has 1 N–H and O–H groups in total. The lowest BCUT2D eigenvalue weighted by Crippen LogP contribution is -2.40. The first-order chi connectivity index (χ1) is 14.0. The summed E-state index contributed by atoms with van der Waals surface area (Å²) in [6.07, 6.45) is 0. The maximum atomic E-state index is 13.2. The van der Waals surface area contributed by atoms with Gasteiger partial charge in [0.25, 0.3) is 5.56 Å². The largest absolute Gasteiger partial charge is 0.598 e.